The van der Waals surface area contributed by atoms with Gasteiger partial charge in [0.05, 0.1) is 17.7 Å². The molecule has 11 heteroatoms. The summed E-state index contributed by atoms with van der Waals surface area (Å²) in [4.78, 5) is 2.26. The Hall–Kier alpha value is -5.49. The predicted octanol–water partition coefficient (Wildman–Crippen LogP) is 11.3. The van der Waals surface area contributed by atoms with Crippen LogP contribution in [-0.4, -0.2) is 76.1 Å². The van der Waals surface area contributed by atoms with Crippen molar-refractivity contribution in [3.05, 3.63) is 155 Å². The van der Waals surface area contributed by atoms with E-state index in [1.54, 1.807) is 26.4 Å². The first-order valence-electron chi connectivity index (χ1n) is 21.0. The van der Waals surface area contributed by atoms with Crippen molar-refractivity contribution in [3.63, 3.8) is 0 Å². The number of methoxy groups -OCH3 is 2. The van der Waals surface area contributed by atoms with Gasteiger partial charge in [0.2, 0.25) is 5.69 Å². The van der Waals surface area contributed by atoms with E-state index >= 15 is 0 Å². The van der Waals surface area contributed by atoms with Crippen molar-refractivity contribution in [2.45, 2.75) is 56.9 Å². The topological polar surface area (TPSA) is 62.1 Å². The number of allylic oxidation sites excluding steroid dienone is 7. The highest BCUT2D eigenvalue weighted by Crippen LogP contribution is 2.52. The lowest BCUT2D eigenvalue weighted by Gasteiger charge is -2.27. The number of fused-ring (bicyclic) bond motifs is 7. The zero-order valence-corrected chi connectivity index (χ0v) is 37.1. The number of sulfonamides is 1. The molecule has 0 unspecified atom stereocenters. The molecule has 322 valence electrons. The van der Waals surface area contributed by atoms with Gasteiger partial charge in [-0.3, -0.25) is 4.31 Å². The van der Waals surface area contributed by atoms with Crippen LogP contribution in [-0.2, 0) is 30.3 Å². The predicted molar refractivity (Wildman–Crippen MR) is 245 cm³/mol. The van der Waals surface area contributed by atoms with Gasteiger partial charge in [0.1, 0.15) is 0 Å². The van der Waals surface area contributed by atoms with Crippen LogP contribution < -0.4 is 4.90 Å². The molecule has 0 spiro atoms. The van der Waals surface area contributed by atoms with Gasteiger partial charge in [-0.15, -0.1) is 0 Å². The van der Waals surface area contributed by atoms with E-state index in [1.165, 1.54) is 0 Å². The van der Waals surface area contributed by atoms with Crippen molar-refractivity contribution in [1.29, 1.82) is 0 Å². The van der Waals surface area contributed by atoms with Crippen LogP contribution in [0.25, 0.3) is 32.7 Å². The molecule has 7 nitrogen and oxygen atoms in total. The van der Waals surface area contributed by atoms with Gasteiger partial charge in [-0.05, 0) is 82.8 Å². The molecule has 0 N–H and O–H groups in total. The Balaban J connectivity index is 1.34. The van der Waals surface area contributed by atoms with Crippen LogP contribution in [0.3, 0.4) is 0 Å². The van der Waals surface area contributed by atoms with Gasteiger partial charge in [0.25, 0.3) is 0 Å². The molecule has 0 saturated carbocycles. The minimum atomic E-state index is -5.83. The van der Waals surface area contributed by atoms with E-state index < -0.39 is 26.4 Å². The third kappa shape index (κ3) is 7.08. The van der Waals surface area contributed by atoms with Crippen molar-refractivity contribution in [2.24, 2.45) is 0 Å². The lowest BCUT2D eigenvalue weighted by atomic mass is 9.79. The smallest absolute Gasteiger partial charge is 0.385 e. The fourth-order valence-electron chi connectivity index (χ4n) is 9.92. The monoisotopic (exact) mass is 860 g/mol. The number of nitrogens with zero attached hydrogens (tertiary/aromatic N) is 3. The first-order valence-corrected chi connectivity index (χ1v) is 22.4. The minimum Gasteiger partial charge on any atom is -0.385 e. The number of hydrogen-bond acceptors (Lipinski definition) is 5. The second-order valence-corrected chi connectivity index (χ2v) is 19.1. The van der Waals surface area contributed by atoms with E-state index in [4.69, 9.17) is 9.47 Å². The summed E-state index contributed by atoms with van der Waals surface area (Å²) in [5.74, 6) is 0. The molecule has 8 rings (SSSR count). The molecule has 2 heterocycles. The van der Waals surface area contributed by atoms with E-state index in [-0.39, 0.29) is 5.70 Å². The van der Waals surface area contributed by atoms with Crippen LogP contribution in [0.5, 0.6) is 0 Å². The second-order valence-electron chi connectivity index (χ2n) is 17.2. The van der Waals surface area contributed by atoms with Crippen molar-refractivity contribution in [1.82, 2.24) is 4.31 Å². The van der Waals surface area contributed by atoms with Crippen LogP contribution in [0.1, 0.15) is 62.8 Å². The molecule has 3 aliphatic rings. The number of rotatable bonds is 13. The third-order valence-electron chi connectivity index (χ3n) is 12.8. The fourth-order valence-corrected chi connectivity index (χ4v) is 10.7. The summed E-state index contributed by atoms with van der Waals surface area (Å²) >= 11 is 0. The largest absolute Gasteiger partial charge is 0.516 e. The van der Waals surface area contributed by atoms with Gasteiger partial charge in [0, 0.05) is 86.5 Å². The molecule has 0 saturated heterocycles. The van der Waals surface area contributed by atoms with Crippen molar-refractivity contribution >= 4 is 59.8 Å². The number of likely N-dealkylation sites (N-methyl/N-ethyl adjacent to an activating group) is 1. The summed E-state index contributed by atoms with van der Waals surface area (Å²) in [6, 6.07) is 32.4. The fraction of sp³-hybridized carbons (Fsp3) is 0.314. The summed E-state index contributed by atoms with van der Waals surface area (Å²) in [5, 5.41) is 4.46. The highest BCUT2D eigenvalue weighted by atomic mass is 32.2. The Labute approximate surface area is 362 Å². The van der Waals surface area contributed by atoms with Crippen LogP contribution in [0.4, 0.5) is 24.5 Å². The minimum absolute atomic E-state index is 0.0494. The first kappa shape index (κ1) is 43.2. The highest BCUT2D eigenvalue weighted by molar-refractivity contribution is 7.90. The maximum atomic E-state index is 14.6. The van der Waals surface area contributed by atoms with E-state index in [0.29, 0.717) is 52.9 Å². The number of alkyl halides is 3. The number of halogens is 3. The quantitative estimate of drug-likeness (QED) is 0.0872. The Morgan fingerprint density at radius 1 is 0.726 bits per heavy atom. The van der Waals surface area contributed by atoms with Crippen LogP contribution in [0, 0.1) is 0 Å². The molecular weight excluding hydrogens is 808 g/mol. The molecule has 62 heavy (non-hydrogen) atoms. The summed E-state index contributed by atoms with van der Waals surface area (Å²) < 4.78 is 84.4. The third-order valence-corrected chi connectivity index (χ3v) is 14.3. The number of ether oxygens (including phenoxy) is 2. The SMILES string of the molecule is COCCCN1/C(=C/C=C2C(N(C)S(=O)(=O)C(F)(F)F)=C(/C=C/C3=[N+](CCCOC)c4ccc5ccccc5c4C3(C)C)c3ccccc3/2)C(C)(C)c2c1ccc1ccccc21. The maximum Gasteiger partial charge on any atom is 0.516 e. The number of hydrogen-bond donors (Lipinski definition) is 0. The Kier molecular flexibility index (Phi) is 11.4. The van der Waals surface area contributed by atoms with Crippen LogP contribution in [0.2, 0.25) is 0 Å². The summed E-state index contributed by atoms with van der Waals surface area (Å²) in [6.07, 6.45) is 9.00. The normalized spacial score (nSPS) is 18.3. The highest BCUT2D eigenvalue weighted by Gasteiger charge is 2.51. The lowest BCUT2D eigenvalue weighted by Crippen LogP contribution is -2.37. The zero-order chi connectivity index (χ0) is 44.2. The standard InChI is InChI=1S/C51H53F3N3O4S/c1-49(2)44(56(30-14-32-60-6)42-26-22-34-16-8-10-18-36(34)46(42)49)28-24-40-38-20-12-13-21-39(38)41(48(40)55(5)62(58,59)51(52,53)54)25-29-45-50(3,4)47-37-19-11-9-17-35(37)23-27-43(47)57(45)31-15-33-61-7/h8-13,16-29H,14-15,30-33H2,1-7H3/q+1. The van der Waals surface area contributed by atoms with Crippen molar-refractivity contribution in [2.75, 3.05) is 52.5 Å². The zero-order valence-electron chi connectivity index (χ0n) is 36.3. The second kappa shape index (κ2) is 16.3. The molecule has 0 amide bonds. The average molecular weight is 861 g/mol. The van der Waals surface area contributed by atoms with Gasteiger partial charge >= 0.3 is 15.5 Å². The Morgan fingerprint density at radius 3 is 1.98 bits per heavy atom. The van der Waals surface area contributed by atoms with Crippen LogP contribution >= 0.6 is 0 Å². The van der Waals surface area contributed by atoms with E-state index in [1.807, 2.05) is 60.7 Å². The average Bonchev–Trinajstić information content (AvgIpc) is 3.76. The van der Waals surface area contributed by atoms with Crippen molar-refractivity contribution < 1.29 is 35.6 Å². The summed E-state index contributed by atoms with van der Waals surface area (Å²) in [6.45, 7) is 11.0. The number of anilines is 1. The Morgan fingerprint density at radius 2 is 1.32 bits per heavy atom. The molecule has 1 aliphatic carbocycles. The molecule has 0 radical (unpaired) electrons. The first-order chi connectivity index (χ1) is 29.6. The van der Waals surface area contributed by atoms with Gasteiger partial charge in [-0.1, -0.05) is 98.8 Å². The molecule has 5 aromatic rings. The maximum absolute atomic E-state index is 14.6. The molecule has 5 aromatic carbocycles. The molecule has 0 aromatic heterocycles. The van der Waals surface area contributed by atoms with E-state index in [0.717, 1.165) is 75.3 Å². The number of benzene rings is 5. The molecule has 2 aliphatic heterocycles. The Bertz CT molecular complexity index is 2870. The van der Waals surface area contributed by atoms with Crippen LogP contribution in [0.15, 0.2) is 133 Å². The molecule has 0 bridgehead atoms. The summed E-state index contributed by atoms with van der Waals surface area (Å²) in [5.41, 5.74) is 1.67. The van der Waals surface area contributed by atoms with E-state index in [2.05, 4.69) is 85.7 Å². The molecule has 0 atom stereocenters. The van der Waals surface area contributed by atoms with Crippen molar-refractivity contribution in [3.8, 4) is 0 Å². The van der Waals surface area contributed by atoms with E-state index in [9.17, 15) is 21.6 Å². The van der Waals surface area contributed by atoms with Gasteiger partial charge in [0.15, 0.2) is 12.3 Å². The van der Waals surface area contributed by atoms with Gasteiger partial charge < -0.3 is 14.4 Å². The summed E-state index contributed by atoms with van der Waals surface area (Å²) in [7, 11) is -1.48. The molecule has 0 fully saturated rings. The molecular formula is C51H53F3N3O4S+. The lowest BCUT2D eigenvalue weighted by molar-refractivity contribution is -0.438. The van der Waals surface area contributed by atoms with Gasteiger partial charge in [-0.2, -0.15) is 26.2 Å². The van der Waals surface area contributed by atoms with Gasteiger partial charge in [-0.25, -0.2) is 0 Å².